The van der Waals surface area contributed by atoms with E-state index in [9.17, 15) is 9.50 Å². The first kappa shape index (κ1) is 17.4. The minimum Gasteiger partial charge on any atom is -0.493 e. The molecule has 3 aromatic heterocycles. The van der Waals surface area contributed by atoms with Crippen LogP contribution in [0.4, 0.5) is 15.9 Å². The second-order valence-corrected chi connectivity index (χ2v) is 7.53. The maximum atomic E-state index is 13.6. The molecule has 0 bridgehead atoms. The van der Waals surface area contributed by atoms with Gasteiger partial charge in [0.1, 0.15) is 16.5 Å². The van der Waals surface area contributed by atoms with Crippen LogP contribution in [0.25, 0.3) is 31.6 Å². The number of benzene rings is 2. The zero-order valence-corrected chi connectivity index (χ0v) is 16.0. The molecule has 3 heterocycles. The van der Waals surface area contributed by atoms with Crippen LogP contribution in [0.15, 0.2) is 64.8 Å². The number of aromatic hydroxyl groups is 1. The van der Waals surface area contributed by atoms with Crippen molar-refractivity contribution in [3.8, 4) is 16.3 Å². The van der Waals surface area contributed by atoms with E-state index < -0.39 is 5.82 Å². The summed E-state index contributed by atoms with van der Waals surface area (Å²) < 4.78 is 13.6. The Kier molecular flexibility index (Phi) is 4.06. The predicted octanol–water partition coefficient (Wildman–Crippen LogP) is 6.41. The molecule has 0 aliphatic rings. The van der Waals surface area contributed by atoms with Gasteiger partial charge in [0.05, 0.1) is 10.9 Å². The van der Waals surface area contributed by atoms with Crippen LogP contribution in [0.1, 0.15) is 5.82 Å². The number of aromatic amines is 1. The fourth-order valence-corrected chi connectivity index (χ4v) is 4.24. The fourth-order valence-electron chi connectivity index (χ4n) is 3.17. The first-order valence-corrected chi connectivity index (χ1v) is 9.66. The molecule has 8 heteroatoms. The number of hydrogen-bond donors (Lipinski definition) is 2. The molecule has 0 unspecified atom stereocenters. The highest BCUT2D eigenvalue weighted by Crippen LogP contribution is 2.39. The number of aryl methyl sites for hydroxylation is 1. The summed E-state index contributed by atoms with van der Waals surface area (Å²) in [5.74, 6) is 0.378. The van der Waals surface area contributed by atoms with Crippen LogP contribution < -0.4 is 0 Å². The quantitative estimate of drug-likeness (QED) is 0.341. The van der Waals surface area contributed by atoms with E-state index in [0.717, 1.165) is 20.7 Å². The maximum Gasteiger partial charge on any atom is 0.218 e. The van der Waals surface area contributed by atoms with Gasteiger partial charge in [-0.2, -0.15) is 0 Å². The van der Waals surface area contributed by atoms with Crippen molar-refractivity contribution in [2.45, 2.75) is 6.92 Å². The number of azo groups is 1. The molecule has 2 aromatic carbocycles. The van der Waals surface area contributed by atoms with Crippen LogP contribution in [-0.4, -0.2) is 20.1 Å². The minimum atomic E-state index is -0.418. The number of H-pyrrole nitrogens is 1. The minimum absolute atomic E-state index is 0.169. The van der Waals surface area contributed by atoms with Gasteiger partial charge in [-0.15, -0.1) is 21.6 Å². The number of nitrogens with one attached hydrogen (secondary N) is 1. The third kappa shape index (κ3) is 3.13. The lowest BCUT2D eigenvalue weighted by molar-refractivity contribution is 0.459. The highest BCUT2D eigenvalue weighted by atomic mass is 32.1. The second-order valence-electron chi connectivity index (χ2n) is 6.50. The average molecular weight is 403 g/mol. The summed E-state index contributed by atoms with van der Waals surface area (Å²) in [7, 11) is 0. The molecule has 0 spiro atoms. The molecular weight excluding hydrogens is 389 g/mol. The standard InChI is InChI=1S/C21H14FN5OS/c1-11-23-19(15-10-17(29-21(15)24-11)12-5-3-2-4-6-12)27-26-18-14-9-13(22)7-8-16(14)25-20(18)28/h2-10,25,28H,1H3. The molecule has 5 aromatic rings. The molecule has 0 atom stereocenters. The van der Waals surface area contributed by atoms with E-state index in [-0.39, 0.29) is 11.6 Å². The molecule has 0 saturated carbocycles. The van der Waals surface area contributed by atoms with E-state index in [1.165, 1.54) is 12.1 Å². The van der Waals surface area contributed by atoms with Crippen molar-refractivity contribution in [2.24, 2.45) is 10.2 Å². The molecule has 0 amide bonds. The van der Waals surface area contributed by atoms with E-state index in [4.69, 9.17) is 0 Å². The fraction of sp³-hybridized carbons (Fsp3) is 0.0476. The Balaban J connectivity index is 1.63. The Labute approximate surface area is 168 Å². The molecule has 6 nitrogen and oxygen atoms in total. The average Bonchev–Trinajstić information content (AvgIpc) is 3.27. The lowest BCUT2D eigenvalue weighted by atomic mass is 10.2. The molecule has 142 valence electrons. The smallest absolute Gasteiger partial charge is 0.218 e. The number of fused-ring (bicyclic) bond motifs is 2. The third-order valence-electron chi connectivity index (χ3n) is 4.50. The summed E-state index contributed by atoms with van der Waals surface area (Å²) in [4.78, 5) is 13.5. The normalized spacial score (nSPS) is 11.8. The number of nitrogens with zero attached hydrogens (tertiary/aromatic N) is 4. The van der Waals surface area contributed by atoms with Crippen LogP contribution in [0.3, 0.4) is 0 Å². The van der Waals surface area contributed by atoms with Gasteiger partial charge in [0.25, 0.3) is 0 Å². The van der Waals surface area contributed by atoms with E-state index in [2.05, 4.69) is 25.2 Å². The summed E-state index contributed by atoms with van der Waals surface area (Å²) in [5, 5.41) is 19.8. The van der Waals surface area contributed by atoms with E-state index in [0.29, 0.717) is 22.5 Å². The molecule has 2 N–H and O–H groups in total. The molecule has 5 rings (SSSR count). The van der Waals surface area contributed by atoms with Crippen LogP contribution in [0.2, 0.25) is 0 Å². The monoisotopic (exact) mass is 403 g/mol. The first-order valence-electron chi connectivity index (χ1n) is 8.84. The molecule has 0 radical (unpaired) electrons. The van der Waals surface area contributed by atoms with Crippen molar-refractivity contribution in [3.05, 3.63) is 66.2 Å². The lowest BCUT2D eigenvalue weighted by Gasteiger charge is -1.97. The van der Waals surface area contributed by atoms with Crippen molar-refractivity contribution < 1.29 is 9.50 Å². The van der Waals surface area contributed by atoms with Gasteiger partial charge in [-0.05, 0) is 36.8 Å². The molecule has 0 fully saturated rings. The summed E-state index contributed by atoms with van der Waals surface area (Å²) >= 11 is 1.55. The Morgan fingerprint density at radius 2 is 1.83 bits per heavy atom. The first-order chi connectivity index (χ1) is 14.1. The zero-order valence-electron chi connectivity index (χ0n) is 15.2. The van der Waals surface area contributed by atoms with E-state index >= 15 is 0 Å². The van der Waals surface area contributed by atoms with E-state index in [1.807, 2.05) is 36.4 Å². The highest BCUT2D eigenvalue weighted by Gasteiger charge is 2.14. The number of aromatic nitrogens is 3. The number of rotatable bonds is 3. The predicted molar refractivity (Wildman–Crippen MR) is 112 cm³/mol. The second kappa shape index (κ2) is 6.75. The van der Waals surface area contributed by atoms with Crippen LogP contribution in [0.5, 0.6) is 5.88 Å². The summed E-state index contributed by atoms with van der Waals surface area (Å²) in [6.07, 6.45) is 0. The number of thiophene rings is 1. The summed E-state index contributed by atoms with van der Waals surface area (Å²) in [5.41, 5.74) is 1.83. The largest absolute Gasteiger partial charge is 0.493 e. The topological polar surface area (TPSA) is 86.5 Å². The third-order valence-corrected chi connectivity index (χ3v) is 5.58. The Morgan fingerprint density at radius 1 is 1.00 bits per heavy atom. The van der Waals surface area contributed by atoms with Crippen LogP contribution >= 0.6 is 11.3 Å². The Bertz CT molecular complexity index is 1390. The highest BCUT2D eigenvalue weighted by molar-refractivity contribution is 7.21. The van der Waals surface area contributed by atoms with Crippen LogP contribution in [0, 0.1) is 12.7 Å². The van der Waals surface area contributed by atoms with Crippen LogP contribution in [-0.2, 0) is 0 Å². The van der Waals surface area contributed by atoms with Crippen molar-refractivity contribution in [1.82, 2.24) is 15.0 Å². The van der Waals surface area contributed by atoms with E-state index in [1.54, 1.807) is 24.3 Å². The maximum absolute atomic E-state index is 13.6. The number of hydrogen-bond acceptors (Lipinski definition) is 6. The lowest BCUT2D eigenvalue weighted by Crippen LogP contribution is -1.85. The van der Waals surface area contributed by atoms with Crippen molar-refractivity contribution in [1.29, 1.82) is 0 Å². The van der Waals surface area contributed by atoms with Gasteiger partial charge >= 0.3 is 0 Å². The Morgan fingerprint density at radius 3 is 2.66 bits per heavy atom. The van der Waals surface area contributed by atoms with Gasteiger partial charge in [-0.1, -0.05) is 30.3 Å². The number of halogens is 1. The summed E-state index contributed by atoms with van der Waals surface area (Å²) in [6, 6.07) is 16.1. The SMILES string of the molecule is Cc1nc(N=Nc2c(O)[nH]c3ccc(F)cc23)c2cc(-c3ccccc3)sc2n1. The molecular formula is C21H14FN5OS. The van der Waals surface area contributed by atoms with Gasteiger partial charge in [0.2, 0.25) is 5.88 Å². The van der Waals surface area contributed by atoms with Gasteiger partial charge in [0.15, 0.2) is 11.5 Å². The summed E-state index contributed by atoms with van der Waals surface area (Å²) in [6.45, 7) is 1.79. The van der Waals surface area contributed by atoms with Gasteiger partial charge in [0, 0.05) is 10.3 Å². The van der Waals surface area contributed by atoms with Crippen molar-refractivity contribution in [2.75, 3.05) is 0 Å². The van der Waals surface area contributed by atoms with Gasteiger partial charge in [-0.3, -0.25) is 0 Å². The molecule has 0 saturated heterocycles. The molecule has 0 aliphatic heterocycles. The van der Waals surface area contributed by atoms with Gasteiger partial charge < -0.3 is 10.1 Å². The van der Waals surface area contributed by atoms with Crippen molar-refractivity contribution in [3.63, 3.8) is 0 Å². The van der Waals surface area contributed by atoms with Gasteiger partial charge in [-0.25, -0.2) is 14.4 Å². The zero-order chi connectivity index (χ0) is 20.0. The Hall–Kier alpha value is -3.65. The molecule has 29 heavy (non-hydrogen) atoms. The van der Waals surface area contributed by atoms with Crippen molar-refractivity contribution >= 4 is 44.0 Å². The molecule has 0 aliphatic carbocycles.